The topological polar surface area (TPSA) is 73.9 Å². The Morgan fingerprint density at radius 3 is 2.63 bits per heavy atom. The van der Waals surface area contributed by atoms with Gasteiger partial charge in [0.05, 0.1) is 19.8 Å². The van der Waals surface area contributed by atoms with E-state index in [1.54, 1.807) is 26.8 Å². The molecule has 1 N–H and O–H groups in total. The van der Waals surface area contributed by atoms with Crippen LogP contribution in [0.15, 0.2) is 24.3 Å². The number of ether oxygens (including phenoxy) is 3. The number of nitrogens with one attached hydrogen (secondary N) is 1. The first kappa shape index (κ1) is 21.3. The third kappa shape index (κ3) is 8.05. The van der Waals surface area contributed by atoms with E-state index in [-0.39, 0.29) is 30.5 Å². The zero-order valence-corrected chi connectivity index (χ0v) is 16.1. The van der Waals surface area contributed by atoms with Gasteiger partial charge in [-0.15, -0.1) is 0 Å². The number of hydrogen-bond acceptors (Lipinski definition) is 5. The average molecular weight is 381 g/mol. The number of Topliss-reactive ketones (excluding diaryl/α,β-unsaturated/α-hetero) is 1. The Balaban J connectivity index is 1.94. The fourth-order valence-corrected chi connectivity index (χ4v) is 2.86. The third-order valence-corrected chi connectivity index (χ3v) is 3.94. The Morgan fingerprint density at radius 2 is 2.00 bits per heavy atom. The van der Waals surface area contributed by atoms with E-state index < -0.39 is 18.0 Å². The highest BCUT2D eigenvalue weighted by atomic mass is 19.1. The van der Waals surface area contributed by atoms with Gasteiger partial charge in [-0.1, -0.05) is 12.1 Å². The maximum Gasteiger partial charge on any atom is 0.408 e. The van der Waals surface area contributed by atoms with Crippen LogP contribution in [0.25, 0.3) is 0 Å². The van der Waals surface area contributed by atoms with Crippen LogP contribution in [0.2, 0.25) is 0 Å². The smallest absolute Gasteiger partial charge is 0.408 e. The number of ketones is 1. The molecule has 6 nitrogen and oxygen atoms in total. The Hall–Kier alpha value is -1.99. The Morgan fingerprint density at radius 1 is 1.30 bits per heavy atom. The SMILES string of the molecule is CC(C)(C)OC(=O)NCC(=O)CC(Cc1cccc(F)c1)C1OCCCO1. The Bertz CT molecular complexity index is 638. The first-order valence-corrected chi connectivity index (χ1v) is 9.19. The van der Waals surface area contributed by atoms with Crippen LogP contribution >= 0.6 is 0 Å². The van der Waals surface area contributed by atoms with E-state index in [2.05, 4.69) is 5.32 Å². The quantitative estimate of drug-likeness (QED) is 0.785. The molecule has 0 radical (unpaired) electrons. The number of alkyl carbamates (subject to hydrolysis) is 1. The number of benzene rings is 1. The molecule has 0 bridgehead atoms. The van der Waals surface area contributed by atoms with Gasteiger partial charge in [-0.25, -0.2) is 9.18 Å². The number of carbonyl (C=O) groups excluding carboxylic acids is 2. The van der Waals surface area contributed by atoms with Crippen molar-refractivity contribution in [1.82, 2.24) is 5.32 Å². The molecule has 1 amide bonds. The highest BCUT2D eigenvalue weighted by molar-refractivity contribution is 5.84. The molecule has 0 aliphatic carbocycles. The van der Waals surface area contributed by atoms with E-state index in [0.29, 0.717) is 19.6 Å². The van der Waals surface area contributed by atoms with Crippen molar-refractivity contribution in [3.8, 4) is 0 Å². The standard InChI is InChI=1S/C20H28FNO5/c1-20(2,3)27-19(24)22-13-17(23)12-15(18-25-8-5-9-26-18)10-14-6-4-7-16(21)11-14/h4,6-7,11,15,18H,5,8-10,12-13H2,1-3H3,(H,22,24). The first-order valence-electron chi connectivity index (χ1n) is 9.19. The van der Waals surface area contributed by atoms with E-state index in [9.17, 15) is 14.0 Å². The minimum absolute atomic E-state index is 0.138. The van der Waals surface area contributed by atoms with Crippen LogP contribution in [-0.2, 0) is 25.4 Å². The van der Waals surface area contributed by atoms with E-state index in [1.165, 1.54) is 12.1 Å². The summed E-state index contributed by atoms with van der Waals surface area (Å²) in [7, 11) is 0. The highest BCUT2D eigenvalue weighted by Gasteiger charge is 2.28. The molecule has 0 aromatic heterocycles. The van der Waals surface area contributed by atoms with E-state index in [4.69, 9.17) is 14.2 Å². The molecule has 0 spiro atoms. The zero-order chi connectivity index (χ0) is 19.9. The van der Waals surface area contributed by atoms with Crippen molar-refractivity contribution in [3.63, 3.8) is 0 Å². The normalized spacial score (nSPS) is 16.6. The largest absolute Gasteiger partial charge is 0.444 e. The van der Waals surface area contributed by atoms with Crippen molar-refractivity contribution >= 4 is 11.9 Å². The van der Waals surface area contributed by atoms with Crippen molar-refractivity contribution in [2.75, 3.05) is 19.8 Å². The van der Waals surface area contributed by atoms with Gasteiger partial charge in [-0.05, 0) is 51.3 Å². The monoisotopic (exact) mass is 381 g/mol. The number of amides is 1. The maximum atomic E-state index is 13.5. The van der Waals surface area contributed by atoms with E-state index >= 15 is 0 Å². The molecule has 150 valence electrons. The molecule has 7 heteroatoms. The molecule has 1 aromatic carbocycles. The summed E-state index contributed by atoms with van der Waals surface area (Å²) in [6.07, 6.45) is 0.241. The summed E-state index contributed by atoms with van der Waals surface area (Å²) in [6.45, 7) is 6.24. The van der Waals surface area contributed by atoms with Gasteiger partial charge >= 0.3 is 6.09 Å². The summed E-state index contributed by atoms with van der Waals surface area (Å²) in [5.74, 6) is -0.755. The zero-order valence-electron chi connectivity index (χ0n) is 16.1. The van der Waals surface area contributed by atoms with Crippen molar-refractivity contribution in [2.45, 2.75) is 51.9 Å². The van der Waals surface area contributed by atoms with Crippen LogP contribution in [-0.4, -0.2) is 43.5 Å². The van der Waals surface area contributed by atoms with E-state index in [1.807, 2.05) is 6.07 Å². The predicted molar refractivity (Wildman–Crippen MR) is 97.8 cm³/mol. The van der Waals surface area contributed by atoms with Crippen molar-refractivity contribution < 1.29 is 28.2 Å². The number of halogens is 1. The van der Waals surface area contributed by atoms with Gasteiger partial charge in [-0.2, -0.15) is 0 Å². The lowest BCUT2D eigenvalue weighted by molar-refractivity contribution is -0.205. The maximum absolute atomic E-state index is 13.5. The fraction of sp³-hybridized carbons (Fsp3) is 0.600. The van der Waals surface area contributed by atoms with Crippen LogP contribution in [0.4, 0.5) is 9.18 Å². The molecule has 1 unspecified atom stereocenters. The molecule has 27 heavy (non-hydrogen) atoms. The van der Waals surface area contributed by atoms with Gasteiger partial charge in [0, 0.05) is 12.3 Å². The predicted octanol–water partition coefficient (Wildman–Crippen LogP) is 3.23. The molecule has 1 atom stereocenters. The minimum atomic E-state index is -0.636. The Labute approximate surface area is 159 Å². The first-order chi connectivity index (χ1) is 12.7. The minimum Gasteiger partial charge on any atom is -0.444 e. The van der Waals surface area contributed by atoms with Crippen LogP contribution in [0.5, 0.6) is 0 Å². The molecule has 1 aliphatic heterocycles. The number of carbonyl (C=O) groups is 2. The van der Waals surface area contributed by atoms with Gasteiger partial charge in [0.1, 0.15) is 11.4 Å². The highest BCUT2D eigenvalue weighted by Crippen LogP contribution is 2.23. The molecule has 1 heterocycles. The average Bonchev–Trinajstić information content (AvgIpc) is 2.59. The summed E-state index contributed by atoms with van der Waals surface area (Å²) >= 11 is 0. The van der Waals surface area contributed by atoms with Gasteiger partial charge < -0.3 is 19.5 Å². The number of hydrogen-bond donors (Lipinski definition) is 1. The summed E-state index contributed by atoms with van der Waals surface area (Å²) in [4.78, 5) is 24.1. The van der Waals surface area contributed by atoms with Gasteiger partial charge in [-0.3, -0.25) is 4.79 Å². The van der Waals surface area contributed by atoms with Crippen molar-refractivity contribution in [1.29, 1.82) is 0 Å². The van der Waals surface area contributed by atoms with Gasteiger partial charge in [0.25, 0.3) is 0 Å². The van der Waals surface area contributed by atoms with Crippen molar-refractivity contribution in [2.24, 2.45) is 5.92 Å². The van der Waals surface area contributed by atoms with Crippen molar-refractivity contribution in [3.05, 3.63) is 35.6 Å². The molecule has 1 aromatic rings. The summed E-state index contributed by atoms with van der Waals surface area (Å²) < 4.78 is 29.9. The lowest BCUT2D eigenvalue weighted by Crippen LogP contribution is -2.38. The van der Waals surface area contributed by atoms with Crippen LogP contribution in [0.1, 0.15) is 39.2 Å². The second kappa shape index (κ2) is 9.80. The molecule has 2 rings (SSSR count). The molecule has 1 saturated heterocycles. The second-order valence-corrected chi connectivity index (χ2v) is 7.66. The Kier molecular flexibility index (Phi) is 7.74. The molecular weight excluding hydrogens is 353 g/mol. The molecular formula is C20H28FNO5. The second-order valence-electron chi connectivity index (χ2n) is 7.66. The molecule has 0 saturated carbocycles. The summed E-state index contributed by atoms with van der Waals surface area (Å²) in [6, 6.07) is 6.26. The van der Waals surface area contributed by atoms with Crippen LogP contribution in [0, 0.1) is 11.7 Å². The summed E-state index contributed by atoms with van der Waals surface area (Å²) in [5.41, 5.74) is 0.141. The van der Waals surface area contributed by atoms with Gasteiger partial charge in [0.15, 0.2) is 12.1 Å². The van der Waals surface area contributed by atoms with E-state index in [0.717, 1.165) is 12.0 Å². The number of rotatable bonds is 7. The lowest BCUT2D eigenvalue weighted by Gasteiger charge is -2.30. The summed E-state index contributed by atoms with van der Waals surface area (Å²) in [5, 5.41) is 2.47. The van der Waals surface area contributed by atoms with Crippen LogP contribution in [0.3, 0.4) is 0 Å². The van der Waals surface area contributed by atoms with Crippen LogP contribution < -0.4 is 5.32 Å². The molecule has 1 aliphatic rings. The molecule has 1 fully saturated rings. The van der Waals surface area contributed by atoms with Gasteiger partial charge in [0.2, 0.25) is 0 Å². The fourth-order valence-electron chi connectivity index (χ4n) is 2.86. The lowest BCUT2D eigenvalue weighted by atomic mass is 9.93. The third-order valence-electron chi connectivity index (χ3n) is 3.94.